The van der Waals surface area contributed by atoms with Crippen molar-refractivity contribution in [2.75, 3.05) is 6.54 Å². The van der Waals surface area contributed by atoms with Crippen molar-refractivity contribution in [1.82, 2.24) is 16.0 Å². The second-order valence-electron chi connectivity index (χ2n) is 6.43. The van der Waals surface area contributed by atoms with Gasteiger partial charge in [0.2, 0.25) is 5.91 Å². The topological polar surface area (TPSA) is 70.2 Å². The summed E-state index contributed by atoms with van der Waals surface area (Å²) < 4.78 is 0. The molecule has 0 bridgehead atoms. The van der Waals surface area contributed by atoms with Gasteiger partial charge in [-0.2, -0.15) is 0 Å². The molecule has 1 aromatic rings. The van der Waals surface area contributed by atoms with E-state index in [9.17, 15) is 9.59 Å². The summed E-state index contributed by atoms with van der Waals surface area (Å²) in [5.74, 6) is 0.216. The van der Waals surface area contributed by atoms with Gasteiger partial charge in [0.15, 0.2) is 0 Å². The number of nitrogens with one attached hydrogen (secondary N) is 3. The van der Waals surface area contributed by atoms with Gasteiger partial charge in [-0.05, 0) is 36.0 Å². The number of hydrogen-bond donors (Lipinski definition) is 3. The van der Waals surface area contributed by atoms with E-state index in [1.54, 1.807) is 0 Å². The third-order valence-electron chi connectivity index (χ3n) is 4.22. The van der Waals surface area contributed by atoms with Crippen molar-refractivity contribution in [2.24, 2.45) is 11.8 Å². The Bertz CT molecular complexity index is 559. The maximum Gasteiger partial charge on any atom is 0.315 e. The fraction of sp³-hybridized carbons (Fsp3) is 0.529. The Labute approximate surface area is 142 Å². The van der Waals surface area contributed by atoms with Crippen LogP contribution in [0.25, 0.3) is 0 Å². The van der Waals surface area contributed by atoms with E-state index in [-0.39, 0.29) is 29.8 Å². The molecular formula is C17H24ClN3O2. The van der Waals surface area contributed by atoms with E-state index < -0.39 is 6.04 Å². The number of piperidine rings is 1. The minimum atomic E-state index is -0.484. The van der Waals surface area contributed by atoms with E-state index in [4.69, 9.17) is 11.6 Å². The largest absolute Gasteiger partial charge is 0.354 e. The van der Waals surface area contributed by atoms with Crippen LogP contribution in [-0.4, -0.2) is 24.5 Å². The summed E-state index contributed by atoms with van der Waals surface area (Å²) in [5.41, 5.74) is 0.987. The van der Waals surface area contributed by atoms with Gasteiger partial charge in [-0.15, -0.1) is 0 Å². The lowest BCUT2D eigenvalue weighted by Gasteiger charge is -2.30. The average molecular weight is 338 g/mol. The number of carbonyl (C=O) groups is 2. The fourth-order valence-electron chi connectivity index (χ4n) is 2.80. The molecule has 1 aliphatic rings. The van der Waals surface area contributed by atoms with Crippen LogP contribution in [0.4, 0.5) is 4.79 Å². The molecule has 0 aliphatic carbocycles. The second-order valence-corrected chi connectivity index (χ2v) is 6.86. The molecule has 126 valence electrons. The maximum absolute atomic E-state index is 12.3. The molecule has 3 N–H and O–H groups in total. The summed E-state index contributed by atoms with van der Waals surface area (Å²) in [4.78, 5) is 24.2. The van der Waals surface area contributed by atoms with Crippen molar-refractivity contribution in [3.8, 4) is 0 Å². The Morgan fingerprint density at radius 3 is 2.52 bits per heavy atom. The van der Waals surface area contributed by atoms with Gasteiger partial charge in [0.05, 0.1) is 6.04 Å². The molecule has 1 heterocycles. The maximum atomic E-state index is 12.3. The lowest BCUT2D eigenvalue weighted by molar-refractivity contribution is -0.125. The van der Waals surface area contributed by atoms with Crippen LogP contribution < -0.4 is 16.0 Å². The highest BCUT2D eigenvalue weighted by atomic mass is 35.5. The number of carbonyl (C=O) groups excluding carboxylic acids is 2. The second kappa shape index (κ2) is 7.68. The highest BCUT2D eigenvalue weighted by molar-refractivity contribution is 6.30. The van der Waals surface area contributed by atoms with Gasteiger partial charge >= 0.3 is 6.03 Å². The molecule has 1 aliphatic heterocycles. The van der Waals surface area contributed by atoms with Gasteiger partial charge in [0.1, 0.15) is 6.04 Å². The molecule has 5 nitrogen and oxygen atoms in total. The number of halogens is 1. The first kappa shape index (κ1) is 17.6. The minimum Gasteiger partial charge on any atom is -0.354 e. The zero-order valence-electron chi connectivity index (χ0n) is 13.7. The number of amides is 3. The van der Waals surface area contributed by atoms with Crippen LogP contribution in [0.2, 0.25) is 5.02 Å². The van der Waals surface area contributed by atoms with Crippen LogP contribution in [0.3, 0.4) is 0 Å². The first-order valence-electron chi connectivity index (χ1n) is 7.98. The Morgan fingerprint density at radius 1 is 1.30 bits per heavy atom. The van der Waals surface area contributed by atoms with E-state index >= 15 is 0 Å². The molecule has 1 fully saturated rings. The molecule has 3 atom stereocenters. The zero-order valence-corrected chi connectivity index (χ0v) is 14.5. The van der Waals surface area contributed by atoms with E-state index in [1.165, 1.54) is 0 Å². The summed E-state index contributed by atoms with van der Waals surface area (Å²) in [6.45, 7) is 6.72. The van der Waals surface area contributed by atoms with Crippen molar-refractivity contribution in [3.63, 3.8) is 0 Å². The van der Waals surface area contributed by atoms with Gasteiger partial charge < -0.3 is 16.0 Å². The Balaban J connectivity index is 2.03. The van der Waals surface area contributed by atoms with Gasteiger partial charge in [0, 0.05) is 11.6 Å². The Hall–Kier alpha value is -1.75. The average Bonchev–Trinajstić information content (AvgIpc) is 2.49. The van der Waals surface area contributed by atoms with Crippen LogP contribution in [0, 0.1) is 11.8 Å². The van der Waals surface area contributed by atoms with Crippen LogP contribution in [0.5, 0.6) is 0 Å². The molecule has 1 aromatic carbocycles. The van der Waals surface area contributed by atoms with Crippen molar-refractivity contribution in [1.29, 1.82) is 0 Å². The molecule has 6 heteroatoms. The first-order chi connectivity index (χ1) is 10.9. The van der Waals surface area contributed by atoms with Crippen LogP contribution in [-0.2, 0) is 4.79 Å². The molecule has 1 saturated heterocycles. The van der Waals surface area contributed by atoms with Gasteiger partial charge in [-0.3, -0.25) is 4.79 Å². The first-order valence-corrected chi connectivity index (χ1v) is 8.36. The Kier molecular flexibility index (Phi) is 5.88. The summed E-state index contributed by atoms with van der Waals surface area (Å²) in [6.07, 6.45) is 0.863. The minimum absolute atomic E-state index is 0.119. The number of rotatable bonds is 4. The lowest BCUT2D eigenvalue weighted by atomic mass is 9.94. The van der Waals surface area contributed by atoms with Crippen molar-refractivity contribution < 1.29 is 9.59 Å². The summed E-state index contributed by atoms with van der Waals surface area (Å²) in [7, 11) is 0. The molecule has 0 saturated carbocycles. The predicted molar refractivity (Wildman–Crippen MR) is 91.3 cm³/mol. The third-order valence-corrected chi connectivity index (χ3v) is 4.47. The zero-order chi connectivity index (χ0) is 17.0. The highest BCUT2D eigenvalue weighted by Crippen LogP contribution is 2.23. The number of urea groups is 1. The molecule has 0 spiro atoms. The number of benzene rings is 1. The highest BCUT2D eigenvalue weighted by Gasteiger charge is 2.30. The van der Waals surface area contributed by atoms with Crippen LogP contribution in [0.1, 0.15) is 38.8 Å². The van der Waals surface area contributed by atoms with Gasteiger partial charge in [-0.1, -0.05) is 44.5 Å². The van der Waals surface area contributed by atoms with E-state index in [2.05, 4.69) is 16.0 Å². The molecular weight excluding hydrogens is 314 g/mol. The van der Waals surface area contributed by atoms with E-state index in [0.717, 1.165) is 12.0 Å². The summed E-state index contributed by atoms with van der Waals surface area (Å²) in [5, 5.41) is 9.21. The summed E-state index contributed by atoms with van der Waals surface area (Å²) in [6, 6.07) is 6.47. The lowest BCUT2D eigenvalue weighted by Crippen LogP contribution is -2.56. The van der Waals surface area contributed by atoms with E-state index in [1.807, 2.05) is 45.0 Å². The standard InChI is InChI=1S/C17H24ClN3O2/c1-10(2)14(12-4-6-13(18)7-5-12)20-17(23)21-15-11(3)8-9-19-16(15)22/h4-7,10-11,14-15H,8-9H2,1-3H3,(H,19,22)(H2,20,21,23). The van der Waals surface area contributed by atoms with Crippen molar-refractivity contribution >= 4 is 23.5 Å². The normalized spacial score (nSPS) is 22.4. The predicted octanol–water partition coefficient (Wildman–Crippen LogP) is 2.86. The SMILES string of the molecule is CC(C)C(NC(=O)NC1C(=O)NCCC1C)c1ccc(Cl)cc1. The third kappa shape index (κ3) is 4.61. The summed E-state index contributed by atoms with van der Waals surface area (Å²) >= 11 is 5.92. The molecule has 2 rings (SSSR count). The Morgan fingerprint density at radius 2 is 1.96 bits per heavy atom. The molecule has 0 aromatic heterocycles. The smallest absolute Gasteiger partial charge is 0.315 e. The van der Waals surface area contributed by atoms with Crippen LogP contribution in [0.15, 0.2) is 24.3 Å². The molecule has 23 heavy (non-hydrogen) atoms. The van der Waals surface area contributed by atoms with Gasteiger partial charge in [-0.25, -0.2) is 4.79 Å². The number of hydrogen-bond acceptors (Lipinski definition) is 2. The fourth-order valence-corrected chi connectivity index (χ4v) is 2.92. The van der Waals surface area contributed by atoms with Crippen LogP contribution >= 0.6 is 11.6 Å². The van der Waals surface area contributed by atoms with Gasteiger partial charge in [0.25, 0.3) is 0 Å². The quantitative estimate of drug-likeness (QED) is 0.790. The van der Waals surface area contributed by atoms with E-state index in [0.29, 0.717) is 11.6 Å². The molecule has 3 unspecified atom stereocenters. The monoisotopic (exact) mass is 337 g/mol. The molecule has 3 amide bonds. The molecule has 0 radical (unpaired) electrons. The van der Waals surface area contributed by atoms with Crippen molar-refractivity contribution in [2.45, 2.75) is 39.3 Å². The van der Waals surface area contributed by atoms with Crippen molar-refractivity contribution in [3.05, 3.63) is 34.9 Å².